The average Bonchev–Trinajstić information content (AvgIpc) is 2.88. The highest BCUT2D eigenvalue weighted by molar-refractivity contribution is 5.97. The van der Waals surface area contributed by atoms with E-state index in [0.717, 1.165) is 19.4 Å². The molecule has 1 N–H and O–H groups in total. The standard InChI is InChI=1S/C16H20N2O3/c1-21-13-5-3-2-4-12(13)15(20)18-8-6-16(7-9-18)10-14(19)17-11-16/h2-5H,6-11H2,1H3,(H,17,19). The van der Waals surface area contributed by atoms with E-state index in [1.54, 1.807) is 19.2 Å². The lowest BCUT2D eigenvalue weighted by Gasteiger charge is -2.38. The van der Waals surface area contributed by atoms with E-state index in [1.165, 1.54) is 0 Å². The number of hydrogen-bond donors (Lipinski definition) is 1. The summed E-state index contributed by atoms with van der Waals surface area (Å²) in [4.78, 5) is 25.9. The number of ether oxygens (including phenoxy) is 1. The summed E-state index contributed by atoms with van der Waals surface area (Å²) >= 11 is 0. The van der Waals surface area contributed by atoms with Crippen LogP contribution >= 0.6 is 0 Å². The molecule has 2 fully saturated rings. The number of benzene rings is 1. The van der Waals surface area contributed by atoms with Gasteiger partial charge in [-0.2, -0.15) is 0 Å². The number of carbonyl (C=O) groups excluding carboxylic acids is 2. The second-order valence-corrected chi connectivity index (χ2v) is 5.95. The summed E-state index contributed by atoms with van der Waals surface area (Å²) in [6.07, 6.45) is 2.36. The number of methoxy groups -OCH3 is 1. The molecule has 0 atom stereocenters. The van der Waals surface area contributed by atoms with Crippen molar-refractivity contribution in [3.8, 4) is 5.75 Å². The Kier molecular flexibility index (Phi) is 3.57. The van der Waals surface area contributed by atoms with Crippen LogP contribution in [-0.4, -0.2) is 43.5 Å². The van der Waals surface area contributed by atoms with Crippen LogP contribution < -0.4 is 10.1 Å². The highest BCUT2D eigenvalue weighted by atomic mass is 16.5. The van der Waals surface area contributed by atoms with Crippen molar-refractivity contribution in [2.24, 2.45) is 5.41 Å². The maximum absolute atomic E-state index is 12.6. The van der Waals surface area contributed by atoms with Gasteiger partial charge in [0.05, 0.1) is 12.7 Å². The third-order valence-corrected chi connectivity index (χ3v) is 4.64. The number of rotatable bonds is 2. The van der Waals surface area contributed by atoms with Gasteiger partial charge in [-0.15, -0.1) is 0 Å². The zero-order valence-electron chi connectivity index (χ0n) is 12.2. The van der Waals surface area contributed by atoms with Gasteiger partial charge in [-0.3, -0.25) is 9.59 Å². The van der Waals surface area contributed by atoms with E-state index < -0.39 is 0 Å². The first-order valence-corrected chi connectivity index (χ1v) is 7.33. The molecule has 1 spiro atoms. The second-order valence-electron chi connectivity index (χ2n) is 5.95. The number of likely N-dealkylation sites (tertiary alicyclic amines) is 1. The summed E-state index contributed by atoms with van der Waals surface area (Å²) in [6, 6.07) is 7.31. The number of nitrogens with zero attached hydrogens (tertiary/aromatic N) is 1. The molecular weight excluding hydrogens is 268 g/mol. The van der Waals surface area contributed by atoms with Crippen molar-refractivity contribution in [1.29, 1.82) is 0 Å². The van der Waals surface area contributed by atoms with Crippen LogP contribution in [0.5, 0.6) is 5.75 Å². The molecule has 2 aliphatic rings. The van der Waals surface area contributed by atoms with E-state index in [2.05, 4.69) is 5.32 Å². The molecule has 1 aromatic rings. The molecule has 1 aromatic carbocycles. The van der Waals surface area contributed by atoms with Crippen molar-refractivity contribution in [3.05, 3.63) is 29.8 Å². The maximum Gasteiger partial charge on any atom is 0.257 e. The minimum atomic E-state index is 0.0135. The predicted octanol–water partition coefficient (Wildman–Crippen LogP) is 1.44. The average molecular weight is 288 g/mol. The lowest BCUT2D eigenvalue weighted by Crippen LogP contribution is -2.44. The summed E-state index contributed by atoms with van der Waals surface area (Å²) in [5.74, 6) is 0.764. The largest absolute Gasteiger partial charge is 0.496 e. The fourth-order valence-corrected chi connectivity index (χ4v) is 3.28. The Morgan fingerprint density at radius 3 is 2.62 bits per heavy atom. The third kappa shape index (κ3) is 2.60. The van der Waals surface area contributed by atoms with Gasteiger partial charge in [0.1, 0.15) is 5.75 Å². The van der Waals surface area contributed by atoms with E-state index in [-0.39, 0.29) is 17.2 Å². The minimum Gasteiger partial charge on any atom is -0.496 e. The van der Waals surface area contributed by atoms with Crippen molar-refractivity contribution < 1.29 is 14.3 Å². The van der Waals surface area contributed by atoms with Gasteiger partial charge in [-0.1, -0.05) is 12.1 Å². The lowest BCUT2D eigenvalue weighted by molar-refractivity contribution is -0.119. The molecule has 2 aliphatic heterocycles. The molecule has 0 aromatic heterocycles. The van der Waals surface area contributed by atoms with Gasteiger partial charge in [0, 0.05) is 26.1 Å². The van der Waals surface area contributed by atoms with Gasteiger partial charge in [0.15, 0.2) is 0 Å². The number of para-hydroxylation sites is 1. The number of nitrogens with one attached hydrogen (secondary N) is 1. The first-order valence-electron chi connectivity index (χ1n) is 7.33. The Hall–Kier alpha value is -2.04. The molecule has 3 rings (SSSR count). The quantitative estimate of drug-likeness (QED) is 0.896. The SMILES string of the molecule is COc1ccccc1C(=O)N1CCC2(CC1)CNC(=O)C2. The molecule has 0 bridgehead atoms. The molecular formula is C16H20N2O3. The fraction of sp³-hybridized carbons (Fsp3) is 0.500. The summed E-state index contributed by atoms with van der Waals surface area (Å²) in [5.41, 5.74) is 0.672. The number of hydrogen-bond acceptors (Lipinski definition) is 3. The summed E-state index contributed by atoms with van der Waals surface area (Å²) in [7, 11) is 1.58. The number of piperidine rings is 1. The first-order chi connectivity index (χ1) is 10.1. The van der Waals surface area contributed by atoms with Crippen LogP contribution in [0.25, 0.3) is 0 Å². The van der Waals surface area contributed by atoms with Crippen molar-refractivity contribution in [1.82, 2.24) is 10.2 Å². The molecule has 0 unspecified atom stereocenters. The van der Waals surface area contributed by atoms with Crippen LogP contribution in [0.4, 0.5) is 0 Å². The van der Waals surface area contributed by atoms with Crippen LogP contribution in [0.1, 0.15) is 29.6 Å². The van der Waals surface area contributed by atoms with Crippen LogP contribution in [0.2, 0.25) is 0 Å². The molecule has 21 heavy (non-hydrogen) atoms. The van der Waals surface area contributed by atoms with Gasteiger partial charge >= 0.3 is 0 Å². The number of carbonyl (C=O) groups is 2. The van der Waals surface area contributed by atoms with E-state index in [1.807, 2.05) is 17.0 Å². The zero-order valence-corrected chi connectivity index (χ0v) is 12.2. The predicted molar refractivity (Wildman–Crippen MR) is 78.2 cm³/mol. The van der Waals surface area contributed by atoms with Crippen molar-refractivity contribution >= 4 is 11.8 Å². The van der Waals surface area contributed by atoms with E-state index in [4.69, 9.17) is 4.74 Å². The monoisotopic (exact) mass is 288 g/mol. The molecule has 5 nitrogen and oxygen atoms in total. The van der Waals surface area contributed by atoms with Crippen molar-refractivity contribution in [3.63, 3.8) is 0 Å². The first kappa shape index (κ1) is 13.9. The second kappa shape index (κ2) is 5.39. The Bertz CT molecular complexity index is 562. The van der Waals surface area contributed by atoms with Gasteiger partial charge in [-0.05, 0) is 30.4 Å². The lowest BCUT2D eigenvalue weighted by atomic mass is 9.77. The smallest absolute Gasteiger partial charge is 0.257 e. The van der Waals surface area contributed by atoms with Crippen LogP contribution in [0.15, 0.2) is 24.3 Å². The van der Waals surface area contributed by atoms with Gasteiger partial charge < -0.3 is 15.0 Å². The molecule has 2 heterocycles. The molecule has 0 aliphatic carbocycles. The Morgan fingerprint density at radius 2 is 2.00 bits per heavy atom. The minimum absolute atomic E-state index is 0.0135. The van der Waals surface area contributed by atoms with Crippen molar-refractivity contribution in [2.45, 2.75) is 19.3 Å². The molecule has 0 saturated carbocycles. The van der Waals surface area contributed by atoms with E-state index >= 15 is 0 Å². The number of amides is 2. The summed E-state index contributed by atoms with van der Waals surface area (Å²) in [6.45, 7) is 2.15. The van der Waals surface area contributed by atoms with Gasteiger partial charge in [0.2, 0.25) is 5.91 Å². The fourth-order valence-electron chi connectivity index (χ4n) is 3.28. The molecule has 0 radical (unpaired) electrons. The molecule has 5 heteroatoms. The zero-order chi connectivity index (χ0) is 14.9. The third-order valence-electron chi connectivity index (χ3n) is 4.64. The highest BCUT2D eigenvalue weighted by Gasteiger charge is 2.41. The summed E-state index contributed by atoms with van der Waals surface area (Å²) in [5, 5.41) is 2.91. The van der Waals surface area contributed by atoms with Crippen LogP contribution in [0.3, 0.4) is 0 Å². The topological polar surface area (TPSA) is 58.6 Å². The maximum atomic E-state index is 12.6. The van der Waals surface area contributed by atoms with E-state index in [9.17, 15) is 9.59 Å². The summed E-state index contributed by atoms with van der Waals surface area (Å²) < 4.78 is 5.26. The molecule has 2 saturated heterocycles. The highest BCUT2D eigenvalue weighted by Crippen LogP contribution is 2.38. The van der Waals surface area contributed by atoms with Crippen molar-refractivity contribution in [2.75, 3.05) is 26.7 Å². The van der Waals surface area contributed by atoms with E-state index in [0.29, 0.717) is 30.8 Å². The Morgan fingerprint density at radius 1 is 1.29 bits per heavy atom. The molecule has 112 valence electrons. The van der Waals surface area contributed by atoms with Gasteiger partial charge in [-0.25, -0.2) is 0 Å². The normalized spacial score (nSPS) is 20.4. The Labute approximate surface area is 124 Å². The van der Waals surface area contributed by atoms with Crippen LogP contribution in [0, 0.1) is 5.41 Å². The molecule has 2 amide bonds. The van der Waals surface area contributed by atoms with Gasteiger partial charge in [0.25, 0.3) is 5.91 Å². The van der Waals surface area contributed by atoms with Crippen LogP contribution in [-0.2, 0) is 4.79 Å². The Balaban J connectivity index is 1.69.